The molecule has 0 aromatic heterocycles. The standard InChI is InChI=1S/C29H31Cl2F6N3O3S/c1-17(41)43-26-22(12-20(28(32,33)34)13-23(26)29(35,36)37)27(42)38(2)14-19(18-3-4-24(30)25(31)11-18)5-6-39-15-21(16-39)40-7-9-44-10-8-40/h3-4,11-13,19,21H,5-10,14-16H2,1-2H3/t19-/m1/s1. The molecule has 0 saturated carbocycles. The van der Waals surface area contributed by atoms with Gasteiger partial charge in [0.25, 0.3) is 5.91 Å². The van der Waals surface area contributed by atoms with Crippen LogP contribution in [0.3, 0.4) is 0 Å². The van der Waals surface area contributed by atoms with Crippen molar-refractivity contribution < 1.29 is 40.7 Å². The molecule has 2 aliphatic heterocycles. The second kappa shape index (κ2) is 14.1. The average Bonchev–Trinajstić information content (AvgIpc) is 2.91. The van der Waals surface area contributed by atoms with Crippen molar-refractivity contribution in [3.63, 3.8) is 0 Å². The number of likely N-dealkylation sites (tertiary alicyclic amines) is 1. The van der Waals surface area contributed by atoms with Crippen LogP contribution in [0.2, 0.25) is 10.0 Å². The second-order valence-corrected chi connectivity index (χ2v) is 12.9. The van der Waals surface area contributed by atoms with Gasteiger partial charge in [0, 0.05) is 70.2 Å². The quantitative estimate of drug-likeness (QED) is 0.162. The molecule has 2 aromatic carbocycles. The molecule has 6 nitrogen and oxygen atoms in total. The first-order chi connectivity index (χ1) is 20.5. The third-order valence-corrected chi connectivity index (χ3v) is 9.43. The molecule has 1 atom stereocenters. The van der Waals surface area contributed by atoms with Gasteiger partial charge in [-0.25, -0.2) is 0 Å². The summed E-state index contributed by atoms with van der Waals surface area (Å²) in [6.45, 7) is 5.21. The van der Waals surface area contributed by atoms with E-state index in [-0.39, 0.29) is 23.7 Å². The van der Waals surface area contributed by atoms with Gasteiger partial charge in [0.2, 0.25) is 0 Å². The van der Waals surface area contributed by atoms with Crippen LogP contribution in [0.5, 0.6) is 5.75 Å². The minimum Gasteiger partial charge on any atom is -0.425 e. The number of ether oxygens (including phenoxy) is 1. The first-order valence-corrected chi connectivity index (χ1v) is 15.7. The van der Waals surface area contributed by atoms with Crippen molar-refractivity contribution in [3.8, 4) is 5.75 Å². The molecular weight excluding hydrogens is 655 g/mol. The first-order valence-electron chi connectivity index (χ1n) is 13.8. The summed E-state index contributed by atoms with van der Waals surface area (Å²) in [5, 5.41) is 0.568. The Balaban J connectivity index is 1.59. The van der Waals surface area contributed by atoms with Crippen LogP contribution in [0.4, 0.5) is 26.3 Å². The Labute approximate surface area is 265 Å². The summed E-state index contributed by atoms with van der Waals surface area (Å²) < 4.78 is 87.2. The summed E-state index contributed by atoms with van der Waals surface area (Å²) in [4.78, 5) is 31.0. The molecule has 2 aromatic rings. The van der Waals surface area contributed by atoms with Crippen molar-refractivity contribution in [2.24, 2.45) is 0 Å². The number of hydrogen-bond donors (Lipinski definition) is 0. The summed E-state index contributed by atoms with van der Waals surface area (Å²) in [7, 11) is 1.27. The van der Waals surface area contributed by atoms with Crippen LogP contribution in [-0.4, -0.2) is 90.4 Å². The third-order valence-electron chi connectivity index (χ3n) is 7.75. The van der Waals surface area contributed by atoms with Crippen molar-refractivity contribution in [3.05, 3.63) is 62.6 Å². The van der Waals surface area contributed by atoms with Crippen LogP contribution < -0.4 is 4.74 Å². The third kappa shape index (κ3) is 8.54. The van der Waals surface area contributed by atoms with E-state index in [1.54, 1.807) is 18.2 Å². The van der Waals surface area contributed by atoms with Gasteiger partial charge in [0.05, 0.1) is 26.7 Å². The predicted molar refractivity (Wildman–Crippen MR) is 158 cm³/mol. The number of carbonyl (C=O) groups excluding carboxylic acids is 2. The van der Waals surface area contributed by atoms with Gasteiger partial charge in [-0.1, -0.05) is 29.3 Å². The summed E-state index contributed by atoms with van der Waals surface area (Å²) in [6.07, 6.45) is -10.0. The van der Waals surface area contributed by atoms with Crippen LogP contribution in [0.15, 0.2) is 30.3 Å². The molecule has 1 amide bonds. The molecule has 2 fully saturated rings. The predicted octanol–water partition coefficient (Wildman–Crippen LogP) is 6.94. The van der Waals surface area contributed by atoms with E-state index in [2.05, 4.69) is 9.80 Å². The molecule has 2 aliphatic rings. The number of hydrogen-bond acceptors (Lipinski definition) is 6. The molecule has 0 radical (unpaired) electrons. The van der Waals surface area contributed by atoms with E-state index in [1.807, 2.05) is 11.8 Å². The molecule has 0 bridgehead atoms. The van der Waals surface area contributed by atoms with Gasteiger partial charge in [-0.05, 0) is 42.8 Å². The Hall–Kier alpha value is -2.19. The van der Waals surface area contributed by atoms with E-state index in [0.29, 0.717) is 29.6 Å². The minimum atomic E-state index is -5.34. The molecular formula is C29H31Cl2F6N3O3S. The van der Waals surface area contributed by atoms with Gasteiger partial charge in [-0.3, -0.25) is 14.5 Å². The van der Waals surface area contributed by atoms with E-state index in [9.17, 15) is 35.9 Å². The van der Waals surface area contributed by atoms with E-state index in [0.717, 1.165) is 49.5 Å². The number of esters is 1. The highest BCUT2D eigenvalue weighted by molar-refractivity contribution is 7.99. The van der Waals surface area contributed by atoms with Gasteiger partial charge < -0.3 is 14.5 Å². The highest BCUT2D eigenvalue weighted by Gasteiger charge is 2.42. The number of likely N-dealkylation sites (N-methyl/N-ethyl adjacent to an activating group) is 1. The van der Waals surface area contributed by atoms with Crippen molar-refractivity contribution in [2.75, 3.05) is 57.8 Å². The van der Waals surface area contributed by atoms with E-state index < -0.39 is 52.6 Å². The van der Waals surface area contributed by atoms with Crippen molar-refractivity contribution >= 4 is 46.8 Å². The fourth-order valence-corrected chi connectivity index (χ4v) is 6.64. The number of amides is 1. The van der Waals surface area contributed by atoms with Gasteiger partial charge in [-0.15, -0.1) is 0 Å². The van der Waals surface area contributed by atoms with E-state index in [4.69, 9.17) is 27.9 Å². The first kappa shape index (κ1) is 34.7. The van der Waals surface area contributed by atoms with Crippen LogP contribution in [0.1, 0.15) is 46.3 Å². The maximum atomic E-state index is 13.9. The minimum absolute atomic E-state index is 0.0749. The van der Waals surface area contributed by atoms with Gasteiger partial charge in [0.1, 0.15) is 0 Å². The molecule has 2 saturated heterocycles. The number of alkyl halides is 6. The lowest BCUT2D eigenvalue weighted by atomic mass is 9.93. The number of carbonyl (C=O) groups is 2. The Morgan fingerprint density at radius 2 is 1.68 bits per heavy atom. The van der Waals surface area contributed by atoms with Crippen LogP contribution in [0, 0.1) is 0 Å². The molecule has 0 aliphatic carbocycles. The van der Waals surface area contributed by atoms with Gasteiger partial charge >= 0.3 is 18.3 Å². The second-order valence-electron chi connectivity index (χ2n) is 10.9. The van der Waals surface area contributed by atoms with Crippen molar-refractivity contribution in [1.29, 1.82) is 0 Å². The molecule has 15 heteroatoms. The number of halogens is 8. The maximum Gasteiger partial charge on any atom is 0.420 e. The molecule has 0 N–H and O–H groups in total. The highest BCUT2D eigenvalue weighted by Crippen LogP contribution is 2.43. The highest BCUT2D eigenvalue weighted by atomic mass is 35.5. The Kier molecular flexibility index (Phi) is 11.1. The van der Waals surface area contributed by atoms with Gasteiger partial charge in [0.15, 0.2) is 5.75 Å². The summed E-state index contributed by atoms with van der Waals surface area (Å²) in [5.41, 5.74) is -3.90. The molecule has 2 heterocycles. The summed E-state index contributed by atoms with van der Waals surface area (Å²) in [6, 6.07) is 5.51. The van der Waals surface area contributed by atoms with Crippen molar-refractivity contribution in [2.45, 2.75) is 37.7 Å². The largest absolute Gasteiger partial charge is 0.425 e. The smallest absolute Gasteiger partial charge is 0.420 e. The molecule has 44 heavy (non-hydrogen) atoms. The fraction of sp³-hybridized carbons (Fsp3) is 0.517. The summed E-state index contributed by atoms with van der Waals surface area (Å²) >= 11 is 14.3. The maximum absolute atomic E-state index is 13.9. The average molecular weight is 687 g/mol. The van der Waals surface area contributed by atoms with E-state index >= 15 is 0 Å². The number of rotatable bonds is 9. The lowest BCUT2D eigenvalue weighted by Gasteiger charge is -2.47. The normalized spacial score (nSPS) is 17.7. The topological polar surface area (TPSA) is 53.1 Å². The molecule has 0 spiro atoms. The lowest BCUT2D eigenvalue weighted by molar-refractivity contribution is -0.144. The number of thioether (sulfide) groups is 1. The Bertz CT molecular complexity index is 1370. The lowest BCUT2D eigenvalue weighted by Crippen LogP contribution is -2.61. The zero-order valence-corrected chi connectivity index (χ0v) is 26.2. The Morgan fingerprint density at radius 1 is 1.02 bits per heavy atom. The van der Waals surface area contributed by atoms with Gasteiger partial charge in [-0.2, -0.15) is 38.1 Å². The zero-order chi connectivity index (χ0) is 32.4. The Morgan fingerprint density at radius 3 is 2.25 bits per heavy atom. The fourth-order valence-electron chi connectivity index (χ4n) is 5.40. The summed E-state index contributed by atoms with van der Waals surface area (Å²) in [5.74, 6) is -1.86. The van der Waals surface area contributed by atoms with Crippen LogP contribution in [-0.2, 0) is 17.1 Å². The van der Waals surface area contributed by atoms with Crippen LogP contribution >= 0.6 is 35.0 Å². The monoisotopic (exact) mass is 685 g/mol. The number of benzene rings is 2. The SMILES string of the molecule is CC(=O)Oc1c(C(=O)N(C)C[C@@H](CCN2CC(N3CCSCC3)C2)c2ccc(Cl)c(Cl)c2)cc(C(F)(F)F)cc1C(F)(F)F. The molecule has 4 rings (SSSR count). The van der Waals surface area contributed by atoms with E-state index in [1.165, 1.54) is 7.05 Å². The number of nitrogens with zero attached hydrogens (tertiary/aromatic N) is 3. The molecule has 0 unspecified atom stereocenters. The molecule has 242 valence electrons. The van der Waals surface area contributed by atoms with Crippen molar-refractivity contribution in [1.82, 2.24) is 14.7 Å². The zero-order valence-electron chi connectivity index (χ0n) is 23.9. The van der Waals surface area contributed by atoms with Crippen LogP contribution in [0.25, 0.3) is 0 Å².